The lowest BCUT2D eigenvalue weighted by molar-refractivity contribution is 0.0933. The second-order valence-electron chi connectivity index (χ2n) is 7.45. The number of benzene rings is 2. The Kier molecular flexibility index (Phi) is 5.51. The Labute approximate surface area is 171 Å². The predicted octanol–water partition coefficient (Wildman–Crippen LogP) is 3.59. The molecule has 0 radical (unpaired) electrons. The van der Waals surface area contributed by atoms with Crippen molar-refractivity contribution in [2.24, 2.45) is 0 Å². The average Bonchev–Trinajstić information content (AvgIpc) is 3.28. The van der Waals surface area contributed by atoms with Crippen LogP contribution in [0.4, 0.5) is 5.69 Å². The zero-order valence-electron chi connectivity index (χ0n) is 16.8. The van der Waals surface area contributed by atoms with Crippen LogP contribution in [0.3, 0.4) is 0 Å². The van der Waals surface area contributed by atoms with E-state index in [0.717, 1.165) is 48.6 Å². The van der Waals surface area contributed by atoms with Crippen LogP contribution in [0.1, 0.15) is 28.8 Å². The number of nitrogens with one attached hydrogen (secondary N) is 1. The number of ether oxygens (including phenoxy) is 1. The third-order valence-electron chi connectivity index (χ3n) is 5.35. The largest absolute Gasteiger partial charge is 0.497 e. The first-order valence-electron chi connectivity index (χ1n) is 9.93. The fourth-order valence-corrected chi connectivity index (χ4v) is 3.86. The van der Waals surface area contributed by atoms with Crippen LogP contribution < -0.4 is 15.0 Å². The van der Waals surface area contributed by atoms with Crippen molar-refractivity contribution in [3.8, 4) is 11.4 Å². The number of hydrogen-bond donors (Lipinski definition) is 1. The van der Waals surface area contributed by atoms with Gasteiger partial charge in [-0.15, -0.1) is 0 Å². The molecule has 2 heterocycles. The summed E-state index contributed by atoms with van der Waals surface area (Å²) < 4.78 is 7.22. The van der Waals surface area contributed by atoms with E-state index in [-0.39, 0.29) is 11.9 Å². The minimum Gasteiger partial charge on any atom is -0.497 e. The van der Waals surface area contributed by atoms with Gasteiger partial charge in [0.2, 0.25) is 0 Å². The molecule has 1 amide bonds. The number of aryl methyl sites for hydroxylation is 1. The molecule has 1 aliphatic heterocycles. The van der Waals surface area contributed by atoms with Crippen LogP contribution in [0.15, 0.2) is 61.2 Å². The molecule has 0 bridgehead atoms. The molecule has 0 saturated carbocycles. The van der Waals surface area contributed by atoms with Crippen molar-refractivity contribution in [3.63, 3.8) is 0 Å². The van der Waals surface area contributed by atoms with Gasteiger partial charge < -0.3 is 19.5 Å². The van der Waals surface area contributed by atoms with Crippen LogP contribution in [0, 0.1) is 6.92 Å². The fraction of sp³-hybridized carbons (Fsp3) is 0.304. The summed E-state index contributed by atoms with van der Waals surface area (Å²) in [6.45, 7) is 3.76. The van der Waals surface area contributed by atoms with Crippen molar-refractivity contribution in [2.75, 3.05) is 25.1 Å². The molecule has 1 saturated heterocycles. The summed E-state index contributed by atoms with van der Waals surface area (Å²) in [7, 11) is 1.68. The Balaban J connectivity index is 1.51. The molecule has 1 aromatic heterocycles. The number of imidazole rings is 1. The second-order valence-corrected chi connectivity index (χ2v) is 7.45. The third kappa shape index (κ3) is 4.26. The van der Waals surface area contributed by atoms with E-state index in [2.05, 4.69) is 21.3 Å². The smallest absolute Gasteiger partial charge is 0.253 e. The van der Waals surface area contributed by atoms with Crippen LogP contribution in [0.2, 0.25) is 0 Å². The highest BCUT2D eigenvalue weighted by Crippen LogP contribution is 2.25. The minimum absolute atomic E-state index is 0.0464. The van der Waals surface area contributed by atoms with Gasteiger partial charge in [-0.2, -0.15) is 0 Å². The normalized spacial score (nSPS) is 16.5. The molecule has 1 N–H and O–H groups in total. The number of rotatable bonds is 5. The van der Waals surface area contributed by atoms with Crippen molar-refractivity contribution in [3.05, 3.63) is 72.3 Å². The first-order valence-corrected chi connectivity index (χ1v) is 9.93. The summed E-state index contributed by atoms with van der Waals surface area (Å²) >= 11 is 0. The van der Waals surface area contributed by atoms with Crippen LogP contribution >= 0.6 is 0 Å². The van der Waals surface area contributed by atoms with Gasteiger partial charge in [-0.25, -0.2) is 4.98 Å². The van der Waals surface area contributed by atoms with Crippen LogP contribution in [-0.4, -0.2) is 41.7 Å². The lowest BCUT2D eigenvalue weighted by atomic mass is 10.0. The lowest BCUT2D eigenvalue weighted by Crippen LogP contribution is -2.48. The number of carbonyl (C=O) groups is 1. The molecule has 1 fully saturated rings. The highest BCUT2D eigenvalue weighted by atomic mass is 16.5. The second kappa shape index (κ2) is 8.39. The summed E-state index contributed by atoms with van der Waals surface area (Å²) in [6.07, 6.45) is 7.29. The Bertz CT molecular complexity index is 984. The maximum absolute atomic E-state index is 13.1. The number of piperidine rings is 1. The topological polar surface area (TPSA) is 59.4 Å². The third-order valence-corrected chi connectivity index (χ3v) is 5.35. The van der Waals surface area contributed by atoms with E-state index in [1.165, 1.54) is 0 Å². The molecule has 2 aromatic carbocycles. The number of aromatic nitrogens is 2. The van der Waals surface area contributed by atoms with Crippen molar-refractivity contribution in [2.45, 2.75) is 25.8 Å². The quantitative estimate of drug-likeness (QED) is 0.723. The summed E-state index contributed by atoms with van der Waals surface area (Å²) in [4.78, 5) is 19.6. The van der Waals surface area contributed by atoms with E-state index >= 15 is 0 Å². The SMILES string of the molecule is COc1cccc(N2CCC[C@@H](NC(=O)c3cc(C)ccc3-n3ccnc3)C2)c1. The molecule has 1 aliphatic rings. The summed E-state index contributed by atoms with van der Waals surface area (Å²) in [5, 5.41) is 3.25. The van der Waals surface area contributed by atoms with Crippen molar-refractivity contribution < 1.29 is 9.53 Å². The maximum Gasteiger partial charge on any atom is 0.253 e. The van der Waals surface area contributed by atoms with E-state index < -0.39 is 0 Å². The van der Waals surface area contributed by atoms with E-state index in [0.29, 0.717) is 5.56 Å². The summed E-state index contributed by atoms with van der Waals surface area (Å²) in [5.41, 5.74) is 3.69. The number of methoxy groups -OCH3 is 1. The summed E-state index contributed by atoms with van der Waals surface area (Å²) in [5.74, 6) is 0.799. The molecule has 29 heavy (non-hydrogen) atoms. The van der Waals surface area contributed by atoms with Gasteiger partial charge in [0, 0.05) is 43.3 Å². The monoisotopic (exact) mass is 390 g/mol. The number of nitrogens with zero attached hydrogens (tertiary/aromatic N) is 3. The van der Waals surface area contributed by atoms with Crippen LogP contribution in [0.25, 0.3) is 5.69 Å². The molecule has 6 heteroatoms. The first kappa shape index (κ1) is 19.1. The Hall–Kier alpha value is -3.28. The van der Waals surface area contributed by atoms with Gasteiger partial charge in [0.15, 0.2) is 0 Å². The molecular weight excluding hydrogens is 364 g/mol. The molecule has 4 rings (SSSR count). The minimum atomic E-state index is -0.0464. The summed E-state index contributed by atoms with van der Waals surface area (Å²) in [6, 6.07) is 14.1. The molecule has 1 atom stereocenters. The first-order chi connectivity index (χ1) is 14.1. The molecule has 3 aromatic rings. The van der Waals surface area contributed by atoms with E-state index in [4.69, 9.17) is 4.74 Å². The van der Waals surface area contributed by atoms with Gasteiger partial charge in [-0.3, -0.25) is 4.79 Å². The number of amides is 1. The highest BCUT2D eigenvalue weighted by Gasteiger charge is 2.23. The predicted molar refractivity (Wildman–Crippen MR) is 114 cm³/mol. The molecule has 0 spiro atoms. The average molecular weight is 390 g/mol. The van der Waals surface area contributed by atoms with Crippen molar-refractivity contribution in [1.29, 1.82) is 0 Å². The Morgan fingerprint density at radius 2 is 2.14 bits per heavy atom. The van der Waals surface area contributed by atoms with E-state index in [1.807, 2.05) is 54.1 Å². The van der Waals surface area contributed by atoms with Crippen molar-refractivity contribution >= 4 is 11.6 Å². The molecule has 0 aliphatic carbocycles. The zero-order chi connectivity index (χ0) is 20.2. The zero-order valence-corrected chi connectivity index (χ0v) is 16.8. The standard InChI is InChI=1S/C23H26N4O2/c1-17-8-9-22(27-12-10-24-16-27)21(13-17)23(28)25-18-5-4-11-26(15-18)19-6-3-7-20(14-19)29-2/h3,6-10,12-14,16,18H,4-5,11,15H2,1-2H3,(H,25,28)/t18-/m1/s1. The number of anilines is 1. The number of carbonyl (C=O) groups excluding carboxylic acids is 1. The highest BCUT2D eigenvalue weighted by molar-refractivity contribution is 5.98. The van der Waals surface area contributed by atoms with Crippen molar-refractivity contribution in [1.82, 2.24) is 14.9 Å². The van der Waals surface area contributed by atoms with Gasteiger partial charge in [-0.05, 0) is 44.0 Å². The maximum atomic E-state index is 13.1. The molecule has 6 nitrogen and oxygen atoms in total. The molecule has 0 unspecified atom stereocenters. The number of hydrogen-bond acceptors (Lipinski definition) is 4. The van der Waals surface area contributed by atoms with Gasteiger partial charge in [-0.1, -0.05) is 17.7 Å². The van der Waals surface area contributed by atoms with Gasteiger partial charge in [0.05, 0.1) is 24.7 Å². The molecular formula is C23H26N4O2. The Morgan fingerprint density at radius 1 is 1.24 bits per heavy atom. The molecule has 150 valence electrons. The van der Waals surface area contributed by atoms with E-state index in [9.17, 15) is 4.79 Å². The Morgan fingerprint density at radius 3 is 2.93 bits per heavy atom. The lowest BCUT2D eigenvalue weighted by Gasteiger charge is -2.35. The van der Waals surface area contributed by atoms with Gasteiger partial charge in [0.1, 0.15) is 5.75 Å². The van der Waals surface area contributed by atoms with Crippen LogP contribution in [-0.2, 0) is 0 Å². The van der Waals surface area contributed by atoms with Crippen LogP contribution in [0.5, 0.6) is 5.75 Å². The van der Waals surface area contributed by atoms with E-state index in [1.54, 1.807) is 19.6 Å². The van der Waals surface area contributed by atoms with Gasteiger partial charge in [0.25, 0.3) is 5.91 Å². The van der Waals surface area contributed by atoms with Gasteiger partial charge >= 0.3 is 0 Å². The fourth-order valence-electron chi connectivity index (χ4n) is 3.86.